The monoisotopic (exact) mass is 394 g/mol. The van der Waals surface area contributed by atoms with Crippen LogP contribution in [-0.4, -0.2) is 53.1 Å². The third-order valence-corrected chi connectivity index (χ3v) is 5.14. The number of halogens is 1. The van der Waals surface area contributed by atoms with Crippen LogP contribution in [0, 0.1) is 0 Å². The Morgan fingerprint density at radius 3 is 2.46 bits per heavy atom. The van der Waals surface area contributed by atoms with E-state index in [0.717, 1.165) is 48.9 Å². The van der Waals surface area contributed by atoms with Crippen LogP contribution in [0.2, 0.25) is 5.15 Å². The standard InChI is InChI=1S/C21H23ClN6/c1-27-10-12-28(13-11-27)18-5-3-17(4-6-18)24-15-21-23-9-8-19(26-21)16-2-7-20(22)25-14-16/h2-9,14,24H,10-13,15H2,1H3. The fourth-order valence-corrected chi connectivity index (χ4v) is 3.32. The first-order valence-corrected chi connectivity index (χ1v) is 9.76. The Labute approximate surface area is 170 Å². The molecule has 0 spiro atoms. The maximum Gasteiger partial charge on any atom is 0.147 e. The van der Waals surface area contributed by atoms with Gasteiger partial charge in [-0.15, -0.1) is 0 Å². The highest BCUT2D eigenvalue weighted by molar-refractivity contribution is 6.29. The molecule has 4 rings (SSSR count). The maximum atomic E-state index is 5.86. The first-order chi connectivity index (χ1) is 13.7. The van der Waals surface area contributed by atoms with E-state index >= 15 is 0 Å². The number of pyridine rings is 1. The fourth-order valence-electron chi connectivity index (χ4n) is 3.21. The van der Waals surface area contributed by atoms with Gasteiger partial charge in [0.05, 0.1) is 12.2 Å². The number of piperazine rings is 1. The van der Waals surface area contributed by atoms with Crippen LogP contribution in [0.1, 0.15) is 5.82 Å². The predicted octanol–water partition coefficient (Wildman–Crippen LogP) is 3.56. The van der Waals surface area contributed by atoms with Crippen molar-refractivity contribution in [2.75, 3.05) is 43.4 Å². The molecule has 0 amide bonds. The minimum atomic E-state index is 0.472. The summed E-state index contributed by atoms with van der Waals surface area (Å²) in [4.78, 5) is 17.9. The highest BCUT2D eigenvalue weighted by atomic mass is 35.5. The topological polar surface area (TPSA) is 57.2 Å². The van der Waals surface area contributed by atoms with E-state index in [1.54, 1.807) is 18.5 Å². The van der Waals surface area contributed by atoms with E-state index in [-0.39, 0.29) is 0 Å². The summed E-state index contributed by atoms with van der Waals surface area (Å²) in [5, 5.41) is 3.87. The van der Waals surface area contributed by atoms with Gasteiger partial charge in [-0.3, -0.25) is 0 Å². The summed E-state index contributed by atoms with van der Waals surface area (Å²) in [6.07, 6.45) is 3.49. The number of rotatable bonds is 5. The van der Waals surface area contributed by atoms with Crippen LogP contribution >= 0.6 is 11.6 Å². The van der Waals surface area contributed by atoms with Crippen LogP contribution in [0.4, 0.5) is 11.4 Å². The first kappa shape index (κ1) is 18.7. The van der Waals surface area contributed by atoms with Gasteiger partial charge < -0.3 is 15.1 Å². The minimum Gasteiger partial charge on any atom is -0.378 e. The molecule has 0 atom stereocenters. The number of nitrogens with zero attached hydrogens (tertiary/aromatic N) is 5. The summed E-state index contributed by atoms with van der Waals surface area (Å²) < 4.78 is 0. The van der Waals surface area contributed by atoms with Gasteiger partial charge in [-0.2, -0.15) is 0 Å². The largest absolute Gasteiger partial charge is 0.378 e. The Bertz CT molecular complexity index is 905. The first-order valence-electron chi connectivity index (χ1n) is 9.39. The number of hydrogen-bond donors (Lipinski definition) is 1. The molecule has 1 fully saturated rings. The molecular weight excluding hydrogens is 372 g/mol. The van der Waals surface area contributed by atoms with Crippen LogP contribution in [-0.2, 0) is 6.54 Å². The van der Waals surface area contributed by atoms with Crippen molar-refractivity contribution in [1.29, 1.82) is 0 Å². The fraction of sp³-hybridized carbons (Fsp3) is 0.286. The Morgan fingerprint density at radius 1 is 0.964 bits per heavy atom. The van der Waals surface area contributed by atoms with Crippen molar-refractivity contribution >= 4 is 23.0 Å². The second-order valence-electron chi connectivity index (χ2n) is 6.92. The average Bonchev–Trinajstić information content (AvgIpc) is 2.74. The molecule has 0 unspecified atom stereocenters. The third kappa shape index (κ3) is 4.58. The van der Waals surface area contributed by atoms with Gasteiger partial charge in [-0.25, -0.2) is 15.0 Å². The highest BCUT2D eigenvalue weighted by Gasteiger charge is 2.13. The molecule has 28 heavy (non-hydrogen) atoms. The third-order valence-electron chi connectivity index (χ3n) is 4.91. The zero-order valence-electron chi connectivity index (χ0n) is 15.8. The van der Waals surface area contributed by atoms with Crippen LogP contribution in [0.5, 0.6) is 0 Å². The van der Waals surface area contributed by atoms with Crippen molar-refractivity contribution in [3.05, 3.63) is 65.8 Å². The van der Waals surface area contributed by atoms with Gasteiger partial charge >= 0.3 is 0 Å². The Balaban J connectivity index is 1.38. The Hall–Kier alpha value is -2.70. The quantitative estimate of drug-likeness (QED) is 0.668. The molecular formula is C21H23ClN6. The van der Waals surface area contributed by atoms with Gasteiger partial charge in [-0.05, 0) is 49.5 Å². The minimum absolute atomic E-state index is 0.472. The van der Waals surface area contributed by atoms with E-state index < -0.39 is 0 Å². The Morgan fingerprint density at radius 2 is 1.75 bits per heavy atom. The van der Waals surface area contributed by atoms with E-state index in [2.05, 4.69) is 61.4 Å². The number of benzene rings is 1. The second kappa shape index (κ2) is 8.54. The molecule has 2 aromatic heterocycles. The summed E-state index contributed by atoms with van der Waals surface area (Å²) in [5.41, 5.74) is 4.08. The van der Waals surface area contributed by atoms with Crippen molar-refractivity contribution in [2.24, 2.45) is 0 Å². The molecule has 0 aliphatic carbocycles. The molecule has 144 valence electrons. The number of likely N-dealkylation sites (N-methyl/N-ethyl adjacent to an activating group) is 1. The van der Waals surface area contributed by atoms with Gasteiger partial charge in [0, 0.05) is 55.5 Å². The lowest BCUT2D eigenvalue weighted by Gasteiger charge is -2.34. The summed E-state index contributed by atoms with van der Waals surface area (Å²) >= 11 is 5.86. The van der Waals surface area contributed by atoms with E-state index in [1.807, 2.05) is 12.1 Å². The molecule has 1 aliphatic heterocycles. The van der Waals surface area contributed by atoms with E-state index in [9.17, 15) is 0 Å². The van der Waals surface area contributed by atoms with Crippen LogP contribution in [0.25, 0.3) is 11.3 Å². The van der Waals surface area contributed by atoms with E-state index in [0.29, 0.717) is 11.7 Å². The van der Waals surface area contributed by atoms with Gasteiger partial charge in [0.2, 0.25) is 0 Å². The van der Waals surface area contributed by atoms with Crippen LogP contribution < -0.4 is 10.2 Å². The number of nitrogens with one attached hydrogen (secondary N) is 1. The molecule has 3 heterocycles. The highest BCUT2D eigenvalue weighted by Crippen LogP contribution is 2.20. The van der Waals surface area contributed by atoms with Crippen molar-refractivity contribution in [1.82, 2.24) is 19.9 Å². The second-order valence-corrected chi connectivity index (χ2v) is 7.31. The van der Waals surface area contributed by atoms with Crippen molar-refractivity contribution in [3.63, 3.8) is 0 Å². The van der Waals surface area contributed by atoms with Gasteiger partial charge in [0.15, 0.2) is 0 Å². The van der Waals surface area contributed by atoms with Gasteiger partial charge in [0.1, 0.15) is 11.0 Å². The molecule has 1 aromatic carbocycles. The SMILES string of the molecule is CN1CCN(c2ccc(NCc3nccc(-c4ccc(Cl)nc4)n3)cc2)CC1. The lowest BCUT2D eigenvalue weighted by Crippen LogP contribution is -2.44. The zero-order valence-corrected chi connectivity index (χ0v) is 16.6. The normalized spacial score (nSPS) is 14.9. The van der Waals surface area contributed by atoms with Crippen LogP contribution in [0.3, 0.4) is 0 Å². The molecule has 3 aromatic rings. The van der Waals surface area contributed by atoms with Crippen molar-refractivity contribution in [2.45, 2.75) is 6.54 Å². The maximum absolute atomic E-state index is 5.86. The van der Waals surface area contributed by atoms with E-state index in [1.165, 1.54) is 5.69 Å². The zero-order chi connectivity index (χ0) is 19.3. The predicted molar refractivity (Wildman–Crippen MR) is 114 cm³/mol. The number of anilines is 2. The molecule has 6 nitrogen and oxygen atoms in total. The van der Waals surface area contributed by atoms with Gasteiger partial charge in [0.25, 0.3) is 0 Å². The lowest BCUT2D eigenvalue weighted by molar-refractivity contribution is 0.313. The van der Waals surface area contributed by atoms with Crippen LogP contribution in [0.15, 0.2) is 54.9 Å². The molecule has 0 saturated carbocycles. The number of hydrogen-bond acceptors (Lipinski definition) is 6. The molecule has 1 saturated heterocycles. The molecule has 0 radical (unpaired) electrons. The average molecular weight is 395 g/mol. The van der Waals surface area contributed by atoms with Gasteiger partial charge in [-0.1, -0.05) is 11.6 Å². The summed E-state index contributed by atoms with van der Waals surface area (Å²) in [6, 6.07) is 14.1. The smallest absolute Gasteiger partial charge is 0.147 e. The van der Waals surface area contributed by atoms with Crippen molar-refractivity contribution in [3.8, 4) is 11.3 Å². The molecule has 0 bridgehead atoms. The van der Waals surface area contributed by atoms with E-state index in [4.69, 9.17) is 11.6 Å². The summed E-state index contributed by atoms with van der Waals surface area (Å²) in [6.45, 7) is 4.92. The molecule has 7 heteroatoms. The van der Waals surface area contributed by atoms with Crippen molar-refractivity contribution < 1.29 is 0 Å². The molecule has 1 aliphatic rings. The summed E-state index contributed by atoms with van der Waals surface area (Å²) in [5.74, 6) is 0.732. The number of aromatic nitrogens is 3. The lowest BCUT2D eigenvalue weighted by atomic mass is 10.2. The molecule has 1 N–H and O–H groups in total. The summed E-state index contributed by atoms with van der Waals surface area (Å²) in [7, 11) is 2.17. The Kier molecular flexibility index (Phi) is 5.69.